The summed E-state index contributed by atoms with van der Waals surface area (Å²) in [6.07, 6.45) is 0. The number of halogens is 2. The molecule has 0 saturated heterocycles. The summed E-state index contributed by atoms with van der Waals surface area (Å²) in [5.41, 5.74) is 6.52. The molecule has 0 saturated carbocycles. The number of rotatable bonds is 5. The molecule has 5 nitrogen and oxygen atoms in total. The Morgan fingerprint density at radius 3 is 2.38 bits per heavy atom. The van der Waals surface area contributed by atoms with Gasteiger partial charge in [0.1, 0.15) is 0 Å². The fourth-order valence-electron chi connectivity index (χ4n) is 1.77. The van der Waals surface area contributed by atoms with Crippen LogP contribution in [0.1, 0.15) is 31.1 Å². The van der Waals surface area contributed by atoms with Crippen molar-refractivity contribution in [2.75, 3.05) is 7.05 Å². The summed E-state index contributed by atoms with van der Waals surface area (Å²) in [6, 6.07) is 7.76. The van der Waals surface area contributed by atoms with Crippen molar-refractivity contribution in [3.05, 3.63) is 46.6 Å². The monoisotopic (exact) mass is 330 g/mol. The largest absolute Gasteiger partial charge is 0.338 e. The summed E-state index contributed by atoms with van der Waals surface area (Å²) in [5.74, 6) is 1.09. The van der Waals surface area contributed by atoms with E-state index in [0.717, 1.165) is 11.6 Å². The number of nitrogens with two attached hydrogens (primary N) is 1. The Labute approximate surface area is 135 Å². The lowest BCUT2D eigenvalue weighted by molar-refractivity contribution is 0.259. The average Bonchev–Trinajstić information content (AvgIpc) is 2.80. The third-order valence-corrected chi connectivity index (χ3v) is 3.07. The van der Waals surface area contributed by atoms with Crippen LogP contribution in [-0.4, -0.2) is 22.1 Å². The van der Waals surface area contributed by atoms with Crippen molar-refractivity contribution in [3.8, 4) is 0 Å². The molecular weight excluding hydrogens is 311 g/mol. The second kappa shape index (κ2) is 7.22. The molecule has 0 atom stereocenters. The molecule has 0 radical (unpaired) electrons. The van der Waals surface area contributed by atoms with Gasteiger partial charge in [0.05, 0.1) is 12.1 Å². The second-order valence-electron chi connectivity index (χ2n) is 5.53. The predicted octanol–water partition coefficient (Wildman–Crippen LogP) is 2.97. The zero-order chi connectivity index (χ0) is 14.8. The van der Waals surface area contributed by atoms with E-state index in [1.54, 1.807) is 0 Å². The van der Waals surface area contributed by atoms with Crippen molar-refractivity contribution in [1.29, 1.82) is 0 Å². The Hall–Kier alpha value is -1.14. The molecule has 1 aromatic heterocycles. The van der Waals surface area contributed by atoms with Crippen molar-refractivity contribution in [1.82, 2.24) is 15.0 Å². The lowest BCUT2D eigenvalue weighted by Crippen LogP contribution is -2.30. The number of benzene rings is 1. The molecule has 21 heavy (non-hydrogen) atoms. The maximum absolute atomic E-state index is 5.93. The van der Waals surface area contributed by atoms with E-state index in [2.05, 4.69) is 15.0 Å². The van der Waals surface area contributed by atoms with Gasteiger partial charge in [0, 0.05) is 11.6 Å². The van der Waals surface area contributed by atoms with Crippen LogP contribution >= 0.6 is 24.0 Å². The number of hydrogen-bond acceptors (Lipinski definition) is 5. The second-order valence-corrected chi connectivity index (χ2v) is 5.97. The molecule has 0 amide bonds. The molecule has 1 aromatic carbocycles. The topological polar surface area (TPSA) is 68.2 Å². The van der Waals surface area contributed by atoms with Gasteiger partial charge in [-0.25, -0.2) is 0 Å². The highest BCUT2D eigenvalue weighted by Gasteiger charge is 2.21. The highest BCUT2D eigenvalue weighted by atomic mass is 35.5. The van der Waals surface area contributed by atoms with E-state index in [4.69, 9.17) is 21.9 Å². The smallest absolute Gasteiger partial charge is 0.240 e. The standard InChI is InChI=1S/C14H19ClN4O.ClH/c1-14(2,16)13-17-12(20-18-13)9-19(3)8-10-4-6-11(15)7-5-10;/h4-7H,8-9,16H2,1-3H3;1H. The first kappa shape index (κ1) is 17.9. The first-order chi connectivity index (χ1) is 9.34. The highest BCUT2D eigenvalue weighted by Crippen LogP contribution is 2.15. The predicted molar refractivity (Wildman–Crippen MR) is 85.4 cm³/mol. The van der Waals surface area contributed by atoms with Gasteiger partial charge in [0.25, 0.3) is 0 Å². The normalized spacial score (nSPS) is 11.5. The fraction of sp³-hybridized carbons (Fsp3) is 0.429. The molecule has 0 aliphatic heterocycles. The zero-order valence-electron chi connectivity index (χ0n) is 12.3. The van der Waals surface area contributed by atoms with Crippen LogP contribution in [0, 0.1) is 0 Å². The maximum Gasteiger partial charge on any atom is 0.240 e. The van der Waals surface area contributed by atoms with E-state index in [1.807, 2.05) is 45.2 Å². The molecule has 0 aliphatic carbocycles. The molecule has 2 rings (SSSR count). The number of aromatic nitrogens is 2. The Balaban J connectivity index is 0.00000220. The van der Waals surface area contributed by atoms with Gasteiger partial charge in [-0.15, -0.1) is 12.4 Å². The maximum atomic E-state index is 5.93. The molecule has 0 fully saturated rings. The minimum absolute atomic E-state index is 0. The van der Waals surface area contributed by atoms with Gasteiger partial charge in [-0.2, -0.15) is 4.98 Å². The molecular formula is C14H20Cl2N4O. The van der Waals surface area contributed by atoms with Gasteiger partial charge in [0.2, 0.25) is 5.89 Å². The van der Waals surface area contributed by atoms with Crippen LogP contribution in [0.3, 0.4) is 0 Å². The number of hydrogen-bond donors (Lipinski definition) is 1. The van der Waals surface area contributed by atoms with Gasteiger partial charge in [0.15, 0.2) is 5.82 Å². The summed E-state index contributed by atoms with van der Waals surface area (Å²) < 4.78 is 5.21. The van der Waals surface area contributed by atoms with Gasteiger partial charge in [-0.3, -0.25) is 4.90 Å². The highest BCUT2D eigenvalue weighted by molar-refractivity contribution is 6.30. The van der Waals surface area contributed by atoms with E-state index in [0.29, 0.717) is 18.3 Å². The first-order valence-electron chi connectivity index (χ1n) is 6.39. The van der Waals surface area contributed by atoms with Gasteiger partial charge < -0.3 is 10.3 Å². The third-order valence-electron chi connectivity index (χ3n) is 2.82. The van der Waals surface area contributed by atoms with Crippen molar-refractivity contribution in [2.24, 2.45) is 5.73 Å². The summed E-state index contributed by atoms with van der Waals surface area (Å²) in [6.45, 7) is 5.05. The summed E-state index contributed by atoms with van der Waals surface area (Å²) in [5, 5.41) is 4.64. The number of nitrogens with zero attached hydrogens (tertiary/aromatic N) is 3. The van der Waals surface area contributed by atoms with Gasteiger partial charge in [-0.1, -0.05) is 28.9 Å². The molecule has 2 aromatic rings. The first-order valence-corrected chi connectivity index (χ1v) is 6.77. The molecule has 0 unspecified atom stereocenters. The molecule has 7 heteroatoms. The van der Waals surface area contributed by atoms with Crippen LogP contribution in [0.2, 0.25) is 5.02 Å². The minimum atomic E-state index is -0.587. The molecule has 2 N–H and O–H groups in total. The van der Waals surface area contributed by atoms with Crippen LogP contribution in [0.15, 0.2) is 28.8 Å². The van der Waals surface area contributed by atoms with Crippen LogP contribution in [-0.2, 0) is 18.6 Å². The van der Waals surface area contributed by atoms with Crippen molar-refractivity contribution >= 4 is 24.0 Å². The molecule has 116 valence electrons. The molecule has 1 heterocycles. The Kier molecular flexibility index (Phi) is 6.16. The van der Waals surface area contributed by atoms with E-state index in [1.165, 1.54) is 5.56 Å². The van der Waals surface area contributed by atoms with Crippen molar-refractivity contribution in [3.63, 3.8) is 0 Å². The SMILES string of the molecule is CN(Cc1ccc(Cl)cc1)Cc1nc(C(C)(C)N)no1.Cl. The van der Waals surface area contributed by atoms with Crippen molar-refractivity contribution < 1.29 is 4.52 Å². The Morgan fingerprint density at radius 1 is 1.24 bits per heavy atom. The molecule has 0 spiro atoms. The van der Waals surface area contributed by atoms with E-state index < -0.39 is 5.54 Å². The lowest BCUT2D eigenvalue weighted by Gasteiger charge is -2.14. The lowest BCUT2D eigenvalue weighted by atomic mass is 10.1. The minimum Gasteiger partial charge on any atom is -0.338 e. The van der Waals surface area contributed by atoms with E-state index in [9.17, 15) is 0 Å². The average molecular weight is 331 g/mol. The molecule has 0 bridgehead atoms. The van der Waals surface area contributed by atoms with Crippen LogP contribution < -0.4 is 5.73 Å². The van der Waals surface area contributed by atoms with Crippen molar-refractivity contribution in [2.45, 2.75) is 32.5 Å². The fourth-order valence-corrected chi connectivity index (χ4v) is 1.90. The van der Waals surface area contributed by atoms with Crippen LogP contribution in [0.4, 0.5) is 0 Å². The van der Waals surface area contributed by atoms with Gasteiger partial charge >= 0.3 is 0 Å². The summed E-state index contributed by atoms with van der Waals surface area (Å²) in [4.78, 5) is 6.40. The zero-order valence-corrected chi connectivity index (χ0v) is 13.9. The van der Waals surface area contributed by atoms with E-state index >= 15 is 0 Å². The summed E-state index contributed by atoms with van der Waals surface area (Å²) >= 11 is 5.86. The van der Waals surface area contributed by atoms with Crippen LogP contribution in [0.5, 0.6) is 0 Å². The Bertz CT molecular complexity index is 563. The summed E-state index contributed by atoms with van der Waals surface area (Å²) in [7, 11) is 1.99. The Morgan fingerprint density at radius 2 is 1.86 bits per heavy atom. The van der Waals surface area contributed by atoms with Gasteiger partial charge in [-0.05, 0) is 38.6 Å². The van der Waals surface area contributed by atoms with E-state index in [-0.39, 0.29) is 12.4 Å². The molecule has 0 aliphatic rings. The third kappa shape index (κ3) is 5.28. The van der Waals surface area contributed by atoms with Crippen LogP contribution in [0.25, 0.3) is 0 Å². The quantitative estimate of drug-likeness (QED) is 0.912.